The molecule has 1 saturated heterocycles. The highest BCUT2D eigenvalue weighted by Crippen LogP contribution is 2.29. The van der Waals surface area contributed by atoms with Crippen molar-refractivity contribution in [2.75, 3.05) is 18.1 Å². The molecular formula is C20H23FN4O. The molecule has 0 aliphatic carbocycles. The van der Waals surface area contributed by atoms with Crippen LogP contribution in [0, 0.1) is 12.7 Å². The van der Waals surface area contributed by atoms with Crippen molar-refractivity contribution in [1.29, 1.82) is 0 Å². The fraction of sp³-hybridized carbons (Fsp3) is 0.400. The molecule has 136 valence electrons. The van der Waals surface area contributed by atoms with Crippen LogP contribution in [-0.4, -0.2) is 38.9 Å². The van der Waals surface area contributed by atoms with Gasteiger partial charge in [0.15, 0.2) is 5.65 Å². The number of hydrogen-bond acceptors (Lipinski definition) is 4. The maximum absolute atomic E-state index is 13.2. The molecule has 1 atom stereocenters. The van der Waals surface area contributed by atoms with Gasteiger partial charge in [-0.1, -0.05) is 0 Å². The maximum Gasteiger partial charge on any atom is 0.158 e. The van der Waals surface area contributed by atoms with E-state index in [0.717, 1.165) is 54.2 Å². The minimum absolute atomic E-state index is 0.189. The topological polar surface area (TPSA) is 53.7 Å². The summed E-state index contributed by atoms with van der Waals surface area (Å²) in [5, 5.41) is 14.2. The first-order valence-corrected chi connectivity index (χ1v) is 9.16. The summed E-state index contributed by atoms with van der Waals surface area (Å²) in [6.45, 7) is 3.13. The summed E-state index contributed by atoms with van der Waals surface area (Å²) in [5.74, 6) is 0.756. The van der Waals surface area contributed by atoms with Crippen LogP contribution in [0.3, 0.4) is 0 Å². The van der Waals surface area contributed by atoms with Crippen molar-refractivity contribution in [3.05, 3.63) is 47.9 Å². The molecule has 1 aliphatic rings. The average molecular weight is 354 g/mol. The normalized spacial score (nSPS) is 17.8. The Hall–Kier alpha value is -2.47. The molecular weight excluding hydrogens is 331 g/mol. The predicted molar refractivity (Wildman–Crippen MR) is 99.8 cm³/mol. The van der Waals surface area contributed by atoms with E-state index in [4.69, 9.17) is 5.10 Å². The van der Waals surface area contributed by atoms with Crippen LogP contribution in [0.5, 0.6) is 0 Å². The number of piperidine rings is 1. The molecule has 3 heterocycles. The zero-order valence-electron chi connectivity index (χ0n) is 14.9. The van der Waals surface area contributed by atoms with Crippen LogP contribution in [0.4, 0.5) is 10.2 Å². The van der Waals surface area contributed by atoms with Crippen molar-refractivity contribution in [3.63, 3.8) is 0 Å². The molecule has 0 spiro atoms. The zero-order chi connectivity index (χ0) is 18.1. The second-order valence-electron chi connectivity index (χ2n) is 6.92. The van der Waals surface area contributed by atoms with Gasteiger partial charge >= 0.3 is 0 Å². The highest BCUT2D eigenvalue weighted by atomic mass is 19.1. The van der Waals surface area contributed by atoms with Crippen LogP contribution in [0.2, 0.25) is 0 Å². The molecule has 0 bridgehead atoms. The Morgan fingerprint density at radius 3 is 2.77 bits per heavy atom. The lowest BCUT2D eigenvalue weighted by atomic mass is 9.99. The molecule has 1 unspecified atom stereocenters. The Balaban J connectivity index is 1.80. The molecule has 0 amide bonds. The highest BCUT2D eigenvalue weighted by Gasteiger charge is 2.25. The van der Waals surface area contributed by atoms with Gasteiger partial charge in [-0.3, -0.25) is 0 Å². The third-order valence-corrected chi connectivity index (χ3v) is 5.06. The van der Waals surface area contributed by atoms with Crippen molar-refractivity contribution in [2.45, 2.75) is 38.6 Å². The van der Waals surface area contributed by atoms with Gasteiger partial charge in [-0.15, -0.1) is 0 Å². The van der Waals surface area contributed by atoms with E-state index >= 15 is 0 Å². The largest absolute Gasteiger partial charge is 0.396 e. The molecule has 1 N–H and O–H groups in total. The van der Waals surface area contributed by atoms with Crippen LogP contribution in [0.25, 0.3) is 16.9 Å². The van der Waals surface area contributed by atoms with Crippen LogP contribution >= 0.6 is 0 Å². The highest BCUT2D eigenvalue weighted by molar-refractivity contribution is 5.66. The van der Waals surface area contributed by atoms with E-state index in [2.05, 4.69) is 16.0 Å². The number of aryl methyl sites for hydroxylation is 1. The molecule has 1 aliphatic heterocycles. The maximum atomic E-state index is 13.2. The van der Waals surface area contributed by atoms with E-state index in [-0.39, 0.29) is 12.4 Å². The molecule has 2 aromatic heterocycles. The average Bonchev–Trinajstić information content (AvgIpc) is 3.06. The monoisotopic (exact) mass is 354 g/mol. The van der Waals surface area contributed by atoms with E-state index in [1.165, 1.54) is 18.6 Å². The van der Waals surface area contributed by atoms with Crippen molar-refractivity contribution >= 4 is 11.5 Å². The Bertz CT molecular complexity index is 904. The molecule has 1 fully saturated rings. The van der Waals surface area contributed by atoms with E-state index in [1.807, 2.05) is 17.5 Å². The van der Waals surface area contributed by atoms with Crippen molar-refractivity contribution in [3.8, 4) is 11.3 Å². The molecule has 5 nitrogen and oxygen atoms in total. The van der Waals surface area contributed by atoms with E-state index in [1.54, 1.807) is 12.1 Å². The minimum atomic E-state index is -0.257. The second-order valence-corrected chi connectivity index (χ2v) is 6.92. The summed E-state index contributed by atoms with van der Waals surface area (Å²) in [6.07, 6.45) is 4.16. The molecule has 4 rings (SSSR count). The number of hydrogen-bond donors (Lipinski definition) is 1. The number of aromatic nitrogens is 3. The van der Waals surface area contributed by atoms with Gasteiger partial charge in [-0.25, -0.2) is 9.37 Å². The van der Waals surface area contributed by atoms with Gasteiger partial charge in [-0.05, 0) is 56.9 Å². The fourth-order valence-electron chi connectivity index (χ4n) is 3.80. The number of anilines is 1. The number of aliphatic hydroxyl groups is 1. The van der Waals surface area contributed by atoms with Gasteiger partial charge in [0.2, 0.25) is 0 Å². The first-order valence-electron chi connectivity index (χ1n) is 9.16. The number of aliphatic hydroxyl groups excluding tert-OH is 1. The Labute approximate surface area is 152 Å². The number of nitrogens with zero attached hydrogens (tertiary/aromatic N) is 4. The van der Waals surface area contributed by atoms with Gasteiger partial charge in [0, 0.05) is 42.6 Å². The standard InChI is InChI=1S/C20H23FN4O/c1-14-12-20(24-10-3-2-4-17(24)9-11-26)25-19(22-14)13-18(23-25)15-5-7-16(21)8-6-15/h5-8,12-13,17,26H,2-4,9-11H2,1H3. The Kier molecular flexibility index (Phi) is 4.59. The first-order chi connectivity index (χ1) is 12.7. The summed E-state index contributed by atoms with van der Waals surface area (Å²) in [7, 11) is 0. The Morgan fingerprint density at radius 2 is 2.00 bits per heavy atom. The van der Waals surface area contributed by atoms with Crippen molar-refractivity contribution < 1.29 is 9.50 Å². The lowest BCUT2D eigenvalue weighted by Crippen LogP contribution is -2.41. The quantitative estimate of drug-likeness (QED) is 0.778. The lowest BCUT2D eigenvalue weighted by Gasteiger charge is -2.37. The molecule has 6 heteroatoms. The number of fused-ring (bicyclic) bond motifs is 1. The van der Waals surface area contributed by atoms with Crippen molar-refractivity contribution in [2.24, 2.45) is 0 Å². The number of rotatable bonds is 4. The van der Waals surface area contributed by atoms with Crippen LogP contribution < -0.4 is 4.90 Å². The Morgan fingerprint density at radius 1 is 1.19 bits per heavy atom. The molecule has 3 aromatic rings. The third kappa shape index (κ3) is 3.17. The van der Waals surface area contributed by atoms with E-state index < -0.39 is 0 Å². The predicted octanol–water partition coefficient (Wildman–Crippen LogP) is 3.59. The van der Waals surface area contributed by atoms with Gasteiger partial charge in [0.05, 0.1) is 5.69 Å². The smallest absolute Gasteiger partial charge is 0.158 e. The van der Waals surface area contributed by atoms with Crippen molar-refractivity contribution in [1.82, 2.24) is 14.6 Å². The SMILES string of the molecule is Cc1cc(N2CCCCC2CCO)n2nc(-c3ccc(F)cc3)cc2n1. The zero-order valence-corrected chi connectivity index (χ0v) is 14.9. The summed E-state index contributed by atoms with van der Waals surface area (Å²) in [5.41, 5.74) is 3.37. The van der Waals surface area contributed by atoms with Crippen LogP contribution in [0.1, 0.15) is 31.4 Å². The van der Waals surface area contributed by atoms with Gasteiger partial charge in [0.1, 0.15) is 11.6 Å². The second kappa shape index (κ2) is 7.03. The molecule has 26 heavy (non-hydrogen) atoms. The van der Waals surface area contributed by atoms with Gasteiger partial charge < -0.3 is 10.0 Å². The first kappa shape index (κ1) is 17.0. The van der Waals surface area contributed by atoms with Crippen LogP contribution in [0.15, 0.2) is 36.4 Å². The molecule has 0 saturated carbocycles. The number of benzene rings is 1. The van der Waals surface area contributed by atoms with E-state index in [9.17, 15) is 9.50 Å². The van der Waals surface area contributed by atoms with Gasteiger partial charge in [-0.2, -0.15) is 9.61 Å². The third-order valence-electron chi connectivity index (χ3n) is 5.06. The number of halogens is 1. The lowest BCUT2D eigenvalue weighted by molar-refractivity contribution is 0.262. The minimum Gasteiger partial charge on any atom is -0.396 e. The van der Waals surface area contributed by atoms with Gasteiger partial charge in [0.25, 0.3) is 0 Å². The summed E-state index contributed by atoms with van der Waals surface area (Å²) in [4.78, 5) is 6.97. The molecule has 1 aromatic carbocycles. The summed E-state index contributed by atoms with van der Waals surface area (Å²) in [6, 6.07) is 10.7. The summed E-state index contributed by atoms with van der Waals surface area (Å²) < 4.78 is 15.1. The molecule has 0 radical (unpaired) electrons. The van der Waals surface area contributed by atoms with Crippen LogP contribution in [-0.2, 0) is 0 Å². The summed E-state index contributed by atoms with van der Waals surface area (Å²) >= 11 is 0. The fourth-order valence-corrected chi connectivity index (χ4v) is 3.80. The van der Waals surface area contributed by atoms with E-state index in [0.29, 0.717) is 6.04 Å².